The fourth-order valence-corrected chi connectivity index (χ4v) is 2.40. The van der Waals surface area contributed by atoms with Gasteiger partial charge in [0.1, 0.15) is 0 Å². The van der Waals surface area contributed by atoms with Crippen LogP contribution in [0.5, 0.6) is 0 Å². The van der Waals surface area contributed by atoms with E-state index in [1.165, 1.54) is 16.7 Å². The Balaban J connectivity index is 2.09. The first kappa shape index (κ1) is 7.19. The topological polar surface area (TPSA) is 9.23 Å². The molecule has 1 heteroatoms. The number of aryl methyl sites for hydroxylation is 1. The van der Waals surface area contributed by atoms with Gasteiger partial charge in [-0.15, -0.1) is 0 Å². The first-order valence-electron chi connectivity index (χ1n) is 4.78. The fourth-order valence-electron chi connectivity index (χ4n) is 2.40. The molecule has 1 aliphatic heterocycles. The summed E-state index contributed by atoms with van der Waals surface area (Å²) in [4.78, 5) is 0. The van der Waals surface area contributed by atoms with E-state index in [4.69, 9.17) is 4.74 Å². The van der Waals surface area contributed by atoms with Gasteiger partial charge >= 0.3 is 0 Å². The average Bonchev–Trinajstić information content (AvgIpc) is 2.77. The Morgan fingerprint density at radius 1 is 1.38 bits per heavy atom. The molecule has 3 rings (SSSR count). The molecule has 0 N–H and O–H groups in total. The van der Waals surface area contributed by atoms with Crippen LogP contribution >= 0.6 is 0 Å². The second-order valence-electron chi connectivity index (χ2n) is 3.85. The summed E-state index contributed by atoms with van der Waals surface area (Å²) in [5.41, 5.74) is 4.19. The Bertz CT molecular complexity index is 392. The molecule has 2 aliphatic rings. The minimum absolute atomic E-state index is 0.0116. The number of fused-ring (bicyclic) bond motifs is 3. The Morgan fingerprint density at radius 2 is 2.31 bits per heavy atom. The van der Waals surface area contributed by atoms with Crippen LogP contribution in [-0.4, -0.2) is 0 Å². The number of hydrogen-bond donors (Lipinski definition) is 0. The third kappa shape index (κ3) is 0.769. The summed E-state index contributed by atoms with van der Waals surface area (Å²) in [5.74, 6) is 0. The van der Waals surface area contributed by atoms with E-state index < -0.39 is 0 Å². The number of ether oxygens (including phenoxy) is 1. The molecule has 1 atom stereocenters. The number of benzene rings is 1. The molecule has 0 saturated carbocycles. The van der Waals surface area contributed by atoms with Gasteiger partial charge in [0.25, 0.3) is 0 Å². The van der Waals surface area contributed by atoms with Crippen LogP contribution in [0.2, 0.25) is 0 Å². The van der Waals surface area contributed by atoms with Gasteiger partial charge in [0.15, 0.2) is 5.60 Å². The number of hydrogen-bond acceptors (Lipinski definition) is 1. The summed E-state index contributed by atoms with van der Waals surface area (Å²) in [7, 11) is 0. The average molecular weight is 172 g/mol. The van der Waals surface area contributed by atoms with Crippen molar-refractivity contribution < 1.29 is 4.74 Å². The van der Waals surface area contributed by atoms with E-state index in [0.29, 0.717) is 0 Å². The highest BCUT2D eigenvalue weighted by molar-refractivity contribution is 5.61. The fraction of sp³-hybridized carbons (Fsp3) is 0.333. The predicted octanol–water partition coefficient (Wildman–Crippen LogP) is 2.88. The van der Waals surface area contributed by atoms with Gasteiger partial charge in [0, 0.05) is 11.1 Å². The molecule has 13 heavy (non-hydrogen) atoms. The summed E-state index contributed by atoms with van der Waals surface area (Å²) < 4.78 is 5.75. The summed E-state index contributed by atoms with van der Waals surface area (Å²) in [6, 6.07) is 6.46. The Hall–Kier alpha value is -1.24. The van der Waals surface area contributed by atoms with Gasteiger partial charge in [-0.2, -0.15) is 0 Å². The lowest BCUT2D eigenvalue weighted by Gasteiger charge is -2.19. The molecule has 66 valence electrons. The summed E-state index contributed by atoms with van der Waals surface area (Å²) >= 11 is 0. The smallest absolute Gasteiger partial charge is 0.159 e. The Labute approximate surface area is 78.0 Å². The van der Waals surface area contributed by atoms with E-state index in [1.54, 1.807) is 0 Å². The van der Waals surface area contributed by atoms with Crippen molar-refractivity contribution in [3.8, 4) is 0 Å². The zero-order valence-electron chi connectivity index (χ0n) is 7.71. The van der Waals surface area contributed by atoms with Gasteiger partial charge in [-0.1, -0.05) is 18.2 Å². The van der Waals surface area contributed by atoms with Crippen LogP contribution in [-0.2, 0) is 10.3 Å². The molecule has 1 unspecified atom stereocenters. The highest BCUT2D eigenvalue weighted by Crippen LogP contribution is 2.56. The minimum Gasteiger partial charge on any atom is -0.486 e. The van der Waals surface area contributed by atoms with E-state index in [-0.39, 0.29) is 5.60 Å². The zero-order valence-corrected chi connectivity index (χ0v) is 7.71. The van der Waals surface area contributed by atoms with Crippen LogP contribution in [0, 0.1) is 6.92 Å². The molecular weight excluding hydrogens is 160 g/mol. The molecule has 0 amide bonds. The van der Waals surface area contributed by atoms with Crippen LogP contribution in [0.15, 0.2) is 30.5 Å². The van der Waals surface area contributed by atoms with Gasteiger partial charge in [-0.05, 0) is 31.4 Å². The van der Waals surface area contributed by atoms with E-state index in [9.17, 15) is 0 Å². The zero-order chi connectivity index (χ0) is 8.89. The molecule has 1 aromatic rings. The van der Waals surface area contributed by atoms with Crippen molar-refractivity contribution in [2.24, 2.45) is 0 Å². The first-order chi connectivity index (χ1) is 6.34. The molecule has 0 bridgehead atoms. The standard InChI is InChI=1S/C12H12O/c1-9-5-4-6-10-11(9)12(10)7-2-3-8-13-12/h3-6,8H,2,7H2,1H3. The summed E-state index contributed by atoms with van der Waals surface area (Å²) in [5, 5.41) is 0. The van der Waals surface area contributed by atoms with Crippen molar-refractivity contribution in [2.45, 2.75) is 25.4 Å². The SMILES string of the molecule is Cc1cccc2c1C21CCC=CO1. The highest BCUT2D eigenvalue weighted by Gasteiger charge is 2.53. The van der Waals surface area contributed by atoms with Crippen molar-refractivity contribution >= 4 is 0 Å². The highest BCUT2D eigenvalue weighted by atomic mass is 16.5. The molecule has 1 aliphatic carbocycles. The van der Waals surface area contributed by atoms with Crippen molar-refractivity contribution in [1.29, 1.82) is 0 Å². The number of allylic oxidation sites excluding steroid dienone is 1. The van der Waals surface area contributed by atoms with Gasteiger partial charge in [-0.3, -0.25) is 0 Å². The third-order valence-electron chi connectivity index (χ3n) is 3.08. The van der Waals surface area contributed by atoms with Crippen molar-refractivity contribution in [3.63, 3.8) is 0 Å². The molecule has 1 nitrogen and oxygen atoms in total. The molecule has 0 aromatic heterocycles. The maximum atomic E-state index is 5.75. The normalized spacial score (nSPS) is 28.4. The molecule has 0 fully saturated rings. The second kappa shape index (κ2) is 2.16. The molecule has 1 spiro atoms. The lowest BCUT2D eigenvalue weighted by molar-refractivity contribution is 0.0837. The predicted molar refractivity (Wildman–Crippen MR) is 51.4 cm³/mol. The van der Waals surface area contributed by atoms with Gasteiger partial charge in [0.2, 0.25) is 0 Å². The number of rotatable bonds is 0. The maximum Gasteiger partial charge on any atom is 0.159 e. The molecule has 1 aromatic carbocycles. The van der Waals surface area contributed by atoms with Gasteiger partial charge < -0.3 is 4.74 Å². The Morgan fingerprint density at radius 3 is 3.00 bits per heavy atom. The van der Waals surface area contributed by atoms with E-state index >= 15 is 0 Å². The molecule has 0 saturated heterocycles. The molecular formula is C12H12O. The maximum absolute atomic E-state index is 5.75. The quantitative estimate of drug-likeness (QED) is 0.584. The van der Waals surface area contributed by atoms with Gasteiger partial charge in [0.05, 0.1) is 6.26 Å². The lowest BCUT2D eigenvalue weighted by Crippen LogP contribution is -2.13. The second-order valence-corrected chi connectivity index (χ2v) is 3.85. The molecule has 1 heterocycles. The van der Waals surface area contributed by atoms with E-state index in [0.717, 1.165) is 12.8 Å². The summed E-state index contributed by atoms with van der Waals surface area (Å²) in [6.07, 6.45) is 6.19. The van der Waals surface area contributed by atoms with Crippen molar-refractivity contribution in [2.75, 3.05) is 0 Å². The van der Waals surface area contributed by atoms with Crippen LogP contribution in [0.3, 0.4) is 0 Å². The van der Waals surface area contributed by atoms with Crippen molar-refractivity contribution in [3.05, 3.63) is 47.2 Å². The van der Waals surface area contributed by atoms with E-state index in [2.05, 4.69) is 31.2 Å². The van der Waals surface area contributed by atoms with Crippen LogP contribution < -0.4 is 0 Å². The van der Waals surface area contributed by atoms with E-state index in [1.807, 2.05) is 6.26 Å². The Kier molecular flexibility index (Phi) is 1.20. The monoisotopic (exact) mass is 172 g/mol. The van der Waals surface area contributed by atoms with Gasteiger partial charge in [-0.25, -0.2) is 0 Å². The van der Waals surface area contributed by atoms with Crippen LogP contribution in [0.25, 0.3) is 0 Å². The lowest BCUT2D eigenvalue weighted by atomic mass is 10.1. The minimum atomic E-state index is -0.0116. The first-order valence-corrected chi connectivity index (χ1v) is 4.78. The third-order valence-corrected chi connectivity index (χ3v) is 3.08. The van der Waals surface area contributed by atoms with Crippen molar-refractivity contribution in [1.82, 2.24) is 0 Å². The van der Waals surface area contributed by atoms with Crippen LogP contribution in [0.4, 0.5) is 0 Å². The largest absolute Gasteiger partial charge is 0.486 e. The summed E-state index contributed by atoms with van der Waals surface area (Å²) in [6.45, 7) is 2.16. The molecule has 0 radical (unpaired) electrons. The van der Waals surface area contributed by atoms with Crippen LogP contribution in [0.1, 0.15) is 29.5 Å².